The smallest absolute Gasteiger partial charge is 0.397 e. The minimum absolute atomic E-state index is 0. The zero-order valence-electron chi connectivity index (χ0n) is 62.2. The third kappa shape index (κ3) is 27.8. The Morgan fingerprint density at radius 2 is 0.861 bits per heavy atom. The average Bonchev–Trinajstić information content (AvgIpc) is 1.68. The van der Waals surface area contributed by atoms with E-state index in [2.05, 4.69) is 138 Å². The molecule has 0 saturated heterocycles. The zero-order valence-corrected chi connectivity index (χ0v) is 69.0. The number of hydrogen-bond donors (Lipinski definition) is 5. The van der Waals surface area contributed by atoms with Crippen LogP contribution in [0.15, 0.2) is 245 Å². The van der Waals surface area contributed by atoms with Gasteiger partial charge in [0.2, 0.25) is 0 Å². The largest absolute Gasteiger partial charge is 0.416 e. The van der Waals surface area contributed by atoms with Gasteiger partial charge in [-0.3, -0.25) is 39.8 Å². The van der Waals surface area contributed by atoms with Crippen LogP contribution in [0.2, 0.25) is 0 Å². The zero-order chi connectivity index (χ0) is 82.0. The minimum Gasteiger partial charge on any atom is -0.397 e. The topological polar surface area (TPSA) is 263 Å². The highest BCUT2D eigenvalue weighted by Crippen LogP contribution is 2.36. The van der Waals surface area contributed by atoms with E-state index in [1.807, 2.05) is 133 Å². The summed E-state index contributed by atoms with van der Waals surface area (Å²) in [5.74, 6) is -0.00170. The number of nitrogens with two attached hydrogens (primary N) is 1. The van der Waals surface area contributed by atoms with Crippen molar-refractivity contribution < 1.29 is 37.4 Å². The van der Waals surface area contributed by atoms with E-state index < -0.39 is 28.4 Å². The van der Waals surface area contributed by atoms with E-state index in [1.54, 1.807) is 77.4 Å². The Hall–Kier alpha value is -11.1. The first-order valence-electron chi connectivity index (χ1n) is 34.8. The number of aromatic nitrogens is 10. The lowest BCUT2D eigenvalue weighted by molar-refractivity contribution is -0.385. The number of carbonyl (C=O) groups excluding carboxylic acids is 1. The lowest BCUT2D eigenvalue weighted by Gasteiger charge is -2.09. The molecule has 0 saturated carbocycles. The second-order valence-corrected chi connectivity index (χ2v) is 30.3. The fourth-order valence-corrected chi connectivity index (χ4v) is 14.7. The fraction of sp³-hybridized carbons (Fsp3) is 0.145. The number of thiazole rings is 5. The van der Waals surface area contributed by atoms with Crippen molar-refractivity contribution in [3.05, 3.63) is 316 Å². The molecule has 10 heterocycles. The number of halogens is 8. The van der Waals surface area contributed by atoms with Gasteiger partial charge in [-0.1, -0.05) is 90.7 Å². The highest BCUT2D eigenvalue weighted by atomic mass is 127. The van der Waals surface area contributed by atoms with E-state index in [1.165, 1.54) is 81.8 Å². The normalized spacial score (nSPS) is 10.8. The second kappa shape index (κ2) is 42.3. The number of nitro groups is 1. The van der Waals surface area contributed by atoms with Gasteiger partial charge in [-0.05, 0) is 179 Å². The van der Waals surface area contributed by atoms with Gasteiger partial charge < -0.3 is 27.0 Å². The number of nitrogens with one attached hydrogen (secondary N) is 4. The summed E-state index contributed by atoms with van der Waals surface area (Å²) in [6.07, 6.45) is 8.58. The van der Waals surface area contributed by atoms with Crippen LogP contribution in [0.25, 0.3) is 45.0 Å². The molecule has 0 radical (unpaired) electrons. The lowest BCUT2D eigenvalue weighted by Crippen LogP contribution is -2.07. The summed E-state index contributed by atoms with van der Waals surface area (Å²) in [5, 5.41) is 36.5. The first-order chi connectivity index (χ1) is 55.1. The number of pyridine rings is 5. The van der Waals surface area contributed by atoms with E-state index in [4.69, 9.17) is 12.1 Å². The van der Waals surface area contributed by atoms with Gasteiger partial charge in [0.25, 0.3) is 5.69 Å². The summed E-state index contributed by atoms with van der Waals surface area (Å²) in [4.78, 5) is 66.3. The Balaban J connectivity index is 0.000000181. The quantitative estimate of drug-likeness (QED) is 0.0166. The fourth-order valence-electron chi connectivity index (χ4n) is 10.6. The SMILES string of the molecule is C.Cc1cccc(Nc2nc(-c3cncc(C)c3)cs2)c1.Cc1cccc(Nc2nc(-c3cncc(CC(=O)Cc4cncc(-c5csc(Nc6cccc(C(F)(F)F)c6)n5)c4)c3)cs2)c1.Cc1cccc(Nc2nc(-c3cncc(N)c3)cs2)c1.Cc1csc(Cc2cccc(C(F)(F)F)c2)n1.O=[N+]([O-])c1cncc(Br)c1.[2H]CI. The number of rotatable bonds is 19. The molecule has 0 spiro atoms. The second-order valence-electron chi connectivity index (χ2n) is 25.0. The van der Waals surface area contributed by atoms with Gasteiger partial charge in [0.05, 0.1) is 49.5 Å². The number of hydrogen-bond acceptors (Lipinski definition) is 23. The van der Waals surface area contributed by atoms with Gasteiger partial charge in [0, 0.05) is 165 Å². The number of carbonyl (C=O) groups is 1. The number of benzene rings is 5. The van der Waals surface area contributed by atoms with Crippen molar-refractivity contribution in [3.63, 3.8) is 0 Å². The van der Waals surface area contributed by atoms with Crippen molar-refractivity contribution in [1.29, 1.82) is 0 Å². The molecule has 115 heavy (non-hydrogen) atoms. The molecule has 0 atom stereocenters. The monoisotopic (exact) mass is 1820 g/mol. The highest BCUT2D eigenvalue weighted by molar-refractivity contribution is 14.1. The van der Waals surface area contributed by atoms with Crippen molar-refractivity contribution in [2.45, 2.75) is 73.7 Å². The summed E-state index contributed by atoms with van der Waals surface area (Å²) in [6.45, 7) is 10.1. The Bertz CT molecular complexity index is 5600. The van der Waals surface area contributed by atoms with Gasteiger partial charge in [-0.2, -0.15) is 26.3 Å². The van der Waals surface area contributed by atoms with Gasteiger partial charge >= 0.3 is 12.4 Å². The molecule has 0 unspecified atom stereocenters. The predicted octanol–water partition coefficient (Wildman–Crippen LogP) is 24.8. The van der Waals surface area contributed by atoms with Crippen LogP contribution in [0.4, 0.5) is 81.0 Å². The Morgan fingerprint density at radius 1 is 0.470 bits per heavy atom. The number of nitrogens with zero attached hydrogens (tertiary/aromatic N) is 11. The Kier molecular flexibility index (Phi) is 31.7. The highest BCUT2D eigenvalue weighted by Gasteiger charge is 2.31. The maximum atomic E-state index is 13.1. The molecular weight excluding hydrogens is 1750 g/mol. The van der Waals surface area contributed by atoms with Gasteiger partial charge in [-0.25, -0.2) is 24.9 Å². The van der Waals surface area contributed by atoms with Crippen molar-refractivity contribution in [2.75, 3.05) is 31.9 Å². The van der Waals surface area contributed by atoms with Gasteiger partial charge in [0.15, 0.2) is 20.5 Å². The average molecular weight is 1830 g/mol. The standard InChI is InChI=1S/C33H25F3N6OS2.C16H15N3S.C15H14N4S.C12H10F3NS.C5H3BrN2O2.CH3I.CH4/c1-20-4-2-6-26(8-20)39-31-41-29(18-44-31)23-9-21(14-37-16-23)11-28(43)12-22-10-24(17-38-15-22)30-19-45-32(42-30)40-27-7-3-5-25(13-27)33(34,35)36;1-11-4-3-5-14(7-11)18-16-19-15(10-20-16)13-6-12(2)8-17-9-13;1-10-3-2-4-13(5-10)18-15-19-14(9-20-15)11-6-12(16)8-17-7-11;1-8-7-17-11(16-8)6-9-3-2-4-10(5-9)12(13,14)15;6-4-1-5(8(9)10)3-7-2-4;1-2;/h2-10,13-19H,11-12H2,1H3,(H,39,41)(H,40,42);3-10H,1-2H3,(H,18,19);2-9H,16H2,1H3,(H,18,19);2-5,7H,6H2,1H3;1-3H;1H3;1H4/i;;;;;1D;. The molecule has 0 aliphatic carbocycles. The molecule has 15 aromatic rings. The van der Waals surface area contributed by atoms with Crippen LogP contribution in [0.5, 0.6) is 0 Å². The molecule has 6 N–H and O–H groups in total. The first kappa shape index (κ1) is 86.3. The number of aryl methyl sites for hydroxylation is 5. The van der Waals surface area contributed by atoms with E-state index >= 15 is 0 Å². The van der Waals surface area contributed by atoms with Crippen LogP contribution in [0.1, 0.15) is 69.6 Å². The number of anilines is 9. The lowest BCUT2D eigenvalue weighted by atomic mass is 10.0. The Morgan fingerprint density at radius 3 is 1.25 bits per heavy atom. The summed E-state index contributed by atoms with van der Waals surface area (Å²) >= 11 is 12.4. The van der Waals surface area contributed by atoms with Crippen LogP contribution in [-0.4, -0.2) is 65.5 Å². The predicted molar refractivity (Wildman–Crippen MR) is 467 cm³/mol. The van der Waals surface area contributed by atoms with Gasteiger partial charge in [-0.15, -0.1) is 56.7 Å². The molecule has 0 fully saturated rings. The first-order valence-corrected chi connectivity index (χ1v) is 40.9. The molecule has 19 nitrogen and oxygen atoms in total. The van der Waals surface area contributed by atoms with Crippen LogP contribution >= 0.6 is 95.2 Å². The molecule has 590 valence electrons. The van der Waals surface area contributed by atoms with Crippen LogP contribution in [0, 0.1) is 44.7 Å². The molecule has 0 amide bonds. The third-order valence-electron chi connectivity index (χ3n) is 15.7. The number of Topliss-reactive ketones (excluding diaryl/α,β-unsaturated/α-hetero) is 1. The minimum atomic E-state index is -4.43. The van der Waals surface area contributed by atoms with E-state index in [-0.39, 0.29) is 37.4 Å². The summed E-state index contributed by atoms with van der Waals surface area (Å²) in [7, 11) is 0. The molecule has 15 rings (SSSR count). The summed E-state index contributed by atoms with van der Waals surface area (Å²) in [5.41, 5.74) is 22.9. The van der Waals surface area contributed by atoms with Crippen molar-refractivity contribution >= 4 is 156 Å². The summed E-state index contributed by atoms with van der Waals surface area (Å²) < 4.78 is 83.5. The molecule has 0 aliphatic rings. The van der Waals surface area contributed by atoms with Crippen LogP contribution in [-0.2, 0) is 36.4 Å². The van der Waals surface area contributed by atoms with Gasteiger partial charge in [0.1, 0.15) is 12.0 Å². The summed E-state index contributed by atoms with van der Waals surface area (Å²) in [6, 6.07) is 44.0. The number of ketones is 1. The molecule has 32 heteroatoms. The molecule has 10 aromatic heterocycles. The Labute approximate surface area is 703 Å². The van der Waals surface area contributed by atoms with E-state index in [0.29, 0.717) is 43.4 Å². The van der Waals surface area contributed by atoms with Crippen molar-refractivity contribution in [3.8, 4) is 45.0 Å². The third-order valence-corrected chi connectivity index (χ3v) is 20.1. The maximum absolute atomic E-state index is 13.1. The molecule has 0 aliphatic heterocycles. The molecule has 0 bridgehead atoms. The maximum Gasteiger partial charge on any atom is 0.416 e. The van der Waals surface area contributed by atoms with Crippen molar-refractivity contribution in [1.82, 2.24) is 49.8 Å². The van der Waals surface area contributed by atoms with Crippen molar-refractivity contribution in [2.24, 2.45) is 0 Å². The van der Waals surface area contributed by atoms with E-state index in [0.717, 1.165) is 117 Å². The van der Waals surface area contributed by atoms with Crippen LogP contribution < -0.4 is 27.0 Å². The number of alkyl halides is 7. The van der Waals surface area contributed by atoms with Crippen LogP contribution in [0.3, 0.4) is 0 Å². The van der Waals surface area contributed by atoms with E-state index in [9.17, 15) is 41.3 Å². The molecular formula is C83H74BrF6IN16O3S5. The molecule has 5 aromatic carbocycles. The number of nitrogen functional groups attached to an aromatic ring is 1.